The quantitative estimate of drug-likeness (QED) is 0.163. The van der Waals surface area contributed by atoms with Crippen molar-refractivity contribution in [3.63, 3.8) is 0 Å². The average Bonchev–Trinajstić information content (AvgIpc) is 2.96. The number of nitriles is 1. The summed E-state index contributed by atoms with van der Waals surface area (Å²) >= 11 is 1.27. The number of anilines is 2. The zero-order chi connectivity index (χ0) is 28.8. The van der Waals surface area contributed by atoms with Gasteiger partial charge in [0.1, 0.15) is 11.6 Å². The van der Waals surface area contributed by atoms with Crippen LogP contribution in [0.3, 0.4) is 0 Å². The van der Waals surface area contributed by atoms with Crippen LogP contribution in [0.1, 0.15) is 16.7 Å². The van der Waals surface area contributed by atoms with Crippen LogP contribution in [0.5, 0.6) is 5.75 Å². The highest BCUT2D eigenvalue weighted by atomic mass is 32.2. The fourth-order valence-corrected chi connectivity index (χ4v) is 5.08. The molecule has 0 aliphatic heterocycles. The molecule has 5 nitrogen and oxygen atoms in total. The third kappa shape index (κ3) is 6.55. The Morgan fingerprint density at radius 3 is 2.17 bits per heavy atom. The molecule has 4 aromatic rings. The van der Waals surface area contributed by atoms with Crippen molar-refractivity contribution in [2.24, 2.45) is 0 Å². The third-order valence-electron chi connectivity index (χ3n) is 6.07. The molecule has 0 unspecified atom stereocenters. The van der Waals surface area contributed by atoms with Crippen LogP contribution in [0.15, 0.2) is 102 Å². The number of hydrogen-bond donors (Lipinski definition) is 2. The number of rotatable bonds is 9. The Kier molecular flexibility index (Phi) is 8.65. The number of hydrogen-bond acceptors (Lipinski definition) is 5. The summed E-state index contributed by atoms with van der Waals surface area (Å²) in [4.78, 5) is 14.8. The summed E-state index contributed by atoms with van der Waals surface area (Å²) in [5.41, 5.74) is -2.23. The second-order valence-corrected chi connectivity index (χ2v) is 9.74. The molecule has 0 spiro atoms. The lowest BCUT2D eigenvalue weighted by molar-refractivity contribution is -0.137. The van der Waals surface area contributed by atoms with Crippen molar-refractivity contribution in [1.29, 1.82) is 5.26 Å². The Morgan fingerprint density at radius 1 is 0.925 bits per heavy atom. The molecule has 4 rings (SSSR count). The maximum atomic E-state index is 14.1. The molecule has 4 aromatic carbocycles. The van der Waals surface area contributed by atoms with Gasteiger partial charge >= 0.3 is 6.18 Å². The maximum Gasteiger partial charge on any atom is 0.417 e. The molecule has 0 fully saturated rings. The first kappa shape index (κ1) is 28.5. The maximum absolute atomic E-state index is 14.1. The number of benzene rings is 4. The minimum atomic E-state index is -4.79. The smallest absolute Gasteiger partial charge is 0.417 e. The topological polar surface area (TPSA) is 74.2 Å². The number of carbonyl (C=O) groups excluding carboxylic acids is 1. The first-order chi connectivity index (χ1) is 19.1. The van der Waals surface area contributed by atoms with Crippen LogP contribution >= 0.6 is 11.8 Å². The lowest BCUT2D eigenvalue weighted by Crippen LogP contribution is -2.49. The number of amides is 1. The minimum absolute atomic E-state index is 0.0862. The largest absolute Gasteiger partial charge is 0.497 e. The van der Waals surface area contributed by atoms with E-state index in [1.807, 2.05) is 0 Å². The van der Waals surface area contributed by atoms with E-state index in [0.717, 1.165) is 12.1 Å². The van der Waals surface area contributed by atoms with E-state index in [2.05, 4.69) is 10.6 Å². The summed E-state index contributed by atoms with van der Waals surface area (Å²) in [5.74, 6) is -0.364. The Morgan fingerprint density at radius 2 is 1.57 bits per heavy atom. The summed E-state index contributed by atoms with van der Waals surface area (Å²) in [6.07, 6.45) is -4.79. The molecule has 40 heavy (non-hydrogen) atoms. The Balaban J connectivity index is 1.79. The van der Waals surface area contributed by atoms with Crippen LogP contribution < -0.4 is 15.4 Å². The molecule has 0 aliphatic carbocycles. The third-order valence-corrected chi connectivity index (χ3v) is 7.26. The first-order valence-electron chi connectivity index (χ1n) is 11.9. The monoisotopic (exact) mass is 565 g/mol. The van der Waals surface area contributed by atoms with Crippen molar-refractivity contribution in [2.75, 3.05) is 23.5 Å². The minimum Gasteiger partial charge on any atom is -0.497 e. The van der Waals surface area contributed by atoms with Gasteiger partial charge < -0.3 is 15.4 Å². The lowest BCUT2D eigenvalue weighted by atomic mass is 9.89. The van der Waals surface area contributed by atoms with Crippen molar-refractivity contribution >= 4 is 29.0 Å². The molecule has 0 bridgehead atoms. The summed E-state index contributed by atoms with van der Waals surface area (Å²) < 4.78 is 59.6. The van der Waals surface area contributed by atoms with E-state index in [0.29, 0.717) is 21.9 Å². The second kappa shape index (κ2) is 12.1. The van der Waals surface area contributed by atoms with Gasteiger partial charge in [-0.3, -0.25) is 4.79 Å². The molecule has 0 aromatic heterocycles. The zero-order valence-corrected chi connectivity index (χ0v) is 21.9. The summed E-state index contributed by atoms with van der Waals surface area (Å²) in [7, 11) is 1.52. The van der Waals surface area contributed by atoms with Gasteiger partial charge in [-0.1, -0.05) is 30.3 Å². The van der Waals surface area contributed by atoms with E-state index in [9.17, 15) is 22.4 Å². The van der Waals surface area contributed by atoms with Crippen molar-refractivity contribution < 1.29 is 27.1 Å². The van der Waals surface area contributed by atoms with Crippen LogP contribution in [0.4, 0.5) is 28.9 Å². The number of alkyl halides is 3. The number of methoxy groups -OCH3 is 1. The zero-order valence-electron chi connectivity index (χ0n) is 21.1. The number of thioether (sulfide) groups is 1. The van der Waals surface area contributed by atoms with Crippen molar-refractivity contribution in [3.8, 4) is 11.8 Å². The van der Waals surface area contributed by atoms with Crippen molar-refractivity contribution in [2.45, 2.75) is 16.6 Å². The number of nitrogens with zero attached hydrogens (tertiary/aromatic N) is 1. The van der Waals surface area contributed by atoms with Crippen LogP contribution in [0.25, 0.3) is 0 Å². The van der Waals surface area contributed by atoms with Crippen molar-refractivity contribution in [1.82, 2.24) is 0 Å². The summed E-state index contributed by atoms with van der Waals surface area (Å²) in [5, 5.41) is 15.1. The van der Waals surface area contributed by atoms with Crippen LogP contribution in [0, 0.1) is 17.1 Å². The molecule has 0 aliphatic rings. The van der Waals surface area contributed by atoms with E-state index in [1.54, 1.807) is 66.7 Å². The average molecular weight is 566 g/mol. The first-order valence-corrected chi connectivity index (χ1v) is 12.9. The van der Waals surface area contributed by atoms with Gasteiger partial charge in [0.15, 0.2) is 5.54 Å². The van der Waals surface area contributed by atoms with Gasteiger partial charge in [0.2, 0.25) is 0 Å². The molecule has 10 heteroatoms. The predicted octanol–water partition coefficient (Wildman–Crippen LogP) is 7.46. The van der Waals surface area contributed by atoms with Gasteiger partial charge in [0.25, 0.3) is 5.91 Å². The molecule has 0 saturated heterocycles. The molecular weight excluding hydrogens is 542 g/mol. The second-order valence-electron chi connectivity index (χ2n) is 8.69. The summed E-state index contributed by atoms with van der Waals surface area (Å²) in [6, 6.07) is 25.9. The van der Waals surface area contributed by atoms with Gasteiger partial charge in [0.05, 0.1) is 24.3 Å². The molecule has 0 saturated carbocycles. The van der Waals surface area contributed by atoms with Gasteiger partial charge in [0, 0.05) is 22.0 Å². The predicted molar refractivity (Wildman–Crippen MR) is 147 cm³/mol. The lowest BCUT2D eigenvalue weighted by Gasteiger charge is -2.35. The molecule has 2 N–H and O–H groups in total. The molecule has 0 radical (unpaired) electrons. The SMILES string of the molecule is COc1ccc(N[C@@](CSc2ccc(F)cc2)(C(=O)Nc2ccc(C#N)c(C(F)(F)F)c2)c2ccccc2)cc1. The highest BCUT2D eigenvalue weighted by molar-refractivity contribution is 7.99. The van der Waals surface area contributed by atoms with E-state index in [-0.39, 0.29) is 11.4 Å². The fraction of sp³-hybridized carbons (Fsp3) is 0.133. The number of carbonyl (C=O) groups is 1. The Bertz CT molecular complexity index is 1510. The van der Waals surface area contributed by atoms with Crippen LogP contribution in [-0.4, -0.2) is 18.8 Å². The summed E-state index contributed by atoms with van der Waals surface area (Å²) in [6.45, 7) is 0. The number of nitrogens with one attached hydrogen (secondary N) is 2. The normalized spacial score (nSPS) is 12.6. The van der Waals surface area contributed by atoms with E-state index < -0.39 is 34.6 Å². The van der Waals surface area contributed by atoms with Crippen LogP contribution in [0.2, 0.25) is 0 Å². The van der Waals surface area contributed by atoms with Crippen LogP contribution in [-0.2, 0) is 16.5 Å². The Hall–Kier alpha value is -4.49. The van der Waals surface area contributed by atoms with Gasteiger partial charge in [-0.2, -0.15) is 18.4 Å². The van der Waals surface area contributed by atoms with Gasteiger partial charge in [-0.15, -0.1) is 11.8 Å². The van der Waals surface area contributed by atoms with E-state index in [1.165, 1.54) is 43.1 Å². The van der Waals surface area contributed by atoms with Gasteiger partial charge in [-0.25, -0.2) is 4.39 Å². The van der Waals surface area contributed by atoms with E-state index >= 15 is 0 Å². The van der Waals surface area contributed by atoms with E-state index in [4.69, 9.17) is 10.00 Å². The number of halogens is 4. The number of ether oxygens (including phenoxy) is 1. The highest BCUT2D eigenvalue weighted by Crippen LogP contribution is 2.37. The molecular formula is C30H23F4N3O2S. The van der Waals surface area contributed by atoms with Gasteiger partial charge in [-0.05, 0) is 72.3 Å². The standard InChI is InChI=1S/C30H23F4N3O2S/c1-39-25-13-11-23(12-14-25)37-29(21-5-3-2-4-6-21,19-40-26-15-8-22(31)9-16-26)28(38)36-24-10-7-20(18-35)27(17-24)30(32,33)34/h2-17,37H,19H2,1H3,(H,36,38)/t29-/m1/s1. The molecule has 204 valence electrons. The highest BCUT2D eigenvalue weighted by Gasteiger charge is 2.41. The molecule has 0 heterocycles. The van der Waals surface area contributed by atoms with Crippen molar-refractivity contribution in [3.05, 3.63) is 120 Å². The Labute approximate surface area is 232 Å². The fourth-order valence-electron chi connectivity index (χ4n) is 4.00. The molecule has 1 atom stereocenters. The molecule has 1 amide bonds.